The zero-order valence-electron chi connectivity index (χ0n) is 19.0. The summed E-state index contributed by atoms with van der Waals surface area (Å²) in [6.07, 6.45) is 2.60. The van der Waals surface area contributed by atoms with Gasteiger partial charge in [-0.15, -0.1) is 0 Å². The van der Waals surface area contributed by atoms with E-state index in [9.17, 15) is 9.59 Å². The second-order valence-electron chi connectivity index (χ2n) is 8.16. The highest BCUT2D eigenvalue weighted by atomic mass is 16.5. The third kappa shape index (κ3) is 3.83. The molecule has 0 unspecified atom stereocenters. The maximum atomic E-state index is 13.1. The largest absolute Gasteiger partial charge is 0.497 e. The minimum atomic E-state index is -0.280. The number of benzene rings is 3. The Hall–Kier alpha value is -4.32. The highest BCUT2D eigenvalue weighted by Crippen LogP contribution is 2.27. The molecule has 6 nitrogen and oxygen atoms in total. The van der Waals surface area contributed by atoms with Gasteiger partial charge in [-0.2, -0.15) is 0 Å². The lowest BCUT2D eigenvalue weighted by Gasteiger charge is -2.11. The summed E-state index contributed by atoms with van der Waals surface area (Å²) in [6, 6.07) is 20.4. The number of hydrogen-bond acceptors (Lipinski definition) is 4. The van der Waals surface area contributed by atoms with Crippen molar-refractivity contribution in [3.63, 3.8) is 0 Å². The fourth-order valence-electron chi connectivity index (χ4n) is 4.26. The van der Waals surface area contributed by atoms with Crippen LogP contribution in [0.1, 0.15) is 21.5 Å². The summed E-state index contributed by atoms with van der Waals surface area (Å²) in [5.74, 6) is 0.988. The number of para-hydroxylation sites is 1. The average Bonchev–Trinajstić information content (AvgIpc) is 3.28. The van der Waals surface area contributed by atoms with E-state index in [1.54, 1.807) is 32.2 Å². The second-order valence-corrected chi connectivity index (χ2v) is 8.16. The summed E-state index contributed by atoms with van der Waals surface area (Å²) in [6.45, 7) is 2.19. The van der Waals surface area contributed by atoms with Gasteiger partial charge >= 0.3 is 0 Å². The van der Waals surface area contributed by atoms with Crippen LogP contribution in [-0.4, -0.2) is 24.5 Å². The number of hydrogen-bond donors (Lipinski definition) is 2. The quantitative estimate of drug-likeness (QED) is 0.369. The number of amides is 1. The summed E-state index contributed by atoms with van der Waals surface area (Å²) in [4.78, 5) is 29.4. The molecule has 0 radical (unpaired) electrons. The van der Waals surface area contributed by atoms with Crippen molar-refractivity contribution in [3.05, 3.63) is 99.8 Å². The van der Waals surface area contributed by atoms with E-state index in [0.717, 1.165) is 27.8 Å². The lowest BCUT2D eigenvalue weighted by atomic mass is 10.0. The summed E-state index contributed by atoms with van der Waals surface area (Å²) >= 11 is 0. The van der Waals surface area contributed by atoms with Crippen LogP contribution in [0.2, 0.25) is 0 Å². The normalized spacial score (nSPS) is 11.1. The van der Waals surface area contributed by atoms with E-state index >= 15 is 0 Å². The number of aromatic nitrogens is 1. The lowest BCUT2D eigenvalue weighted by molar-refractivity contribution is 0.0955. The number of rotatable bonds is 6. The SMILES string of the molecule is COc1ccc2c(CCNC(=O)c3cccc4c(=O)c(C)c(-c5ccccc5)oc34)c[nH]c2c1. The highest BCUT2D eigenvalue weighted by molar-refractivity contribution is 6.05. The Morgan fingerprint density at radius 3 is 2.65 bits per heavy atom. The number of H-pyrrole nitrogens is 1. The molecule has 5 rings (SSSR count). The first-order valence-electron chi connectivity index (χ1n) is 11.1. The molecule has 0 bridgehead atoms. The predicted molar refractivity (Wildman–Crippen MR) is 134 cm³/mol. The summed E-state index contributed by atoms with van der Waals surface area (Å²) in [5, 5.41) is 4.46. The van der Waals surface area contributed by atoms with Crippen molar-refractivity contribution in [2.75, 3.05) is 13.7 Å². The first-order valence-corrected chi connectivity index (χ1v) is 11.1. The van der Waals surface area contributed by atoms with E-state index in [2.05, 4.69) is 10.3 Å². The van der Waals surface area contributed by atoms with Gasteiger partial charge in [0.15, 0.2) is 11.0 Å². The Labute approximate surface area is 196 Å². The molecule has 6 heteroatoms. The average molecular weight is 453 g/mol. The summed E-state index contributed by atoms with van der Waals surface area (Å²) in [7, 11) is 1.64. The molecule has 0 atom stereocenters. The van der Waals surface area contributed by atoms with Crippen LogP contribution in [0.4, 0.5) is 0 Å². The van der Waals surface area contributed by atoms with Gasteiger partial charge < -0.3 is 19.5 Å². The van der Waals surface area contributed by atoms with Crippen LogP contribution in [-0.2, 0) is 6.42 Å². The first-order chi connectivity index (χ1) is 16.6. The minimum absolute atomic E-state index is 0.135. The number of nitrogens with one attached hydrogen (secondary N) is 2. The van der Waals surface area contributed by atoms with Crippen LogP contribution in [0.15, 0.2) is 82.1 Å². The van der Waals surface area contributed by atoms with Crippen molar-refractivity contribution >= 4 is 27.8 Å². The van der Waals surface area contributed by atoms with Gasteiger partial charge in [0.1, 0.15) is 11.5 Å². The van der Waals surface area contributed by atoms with Crippen LogP contribution in [0.5, 0.6) is 5.75 Å². The molecule has 3 aromatic carbocycles. The molecule has 1 amide bonds. The maximum Gasteiger partial charge on any atom is 0.255 e. The minimum Gasteiger partial charge on any atom is -0.497 e. The second kappa shape index (κ2) is 8.90. The number of carbonyl (C=O) groups is 1. The molecule has 0 saturated heterocycles. The Morgan fingerprint density at radius 1 is 1.03 bits per heavy atom. The zero-order chi connectivity index (χ0) is 23.7. The highest BCUT2D eigenvalue weighted by Gasteiger charge is 2.18. The molecule has 34 heavy (non-hydrogen) atoms. The molecular weight excluding hydrogens is 428 g/mol. The van der Waals surface area contributed by atoms with Crippen LogP contribution in [0.3, 0.4) is 0 Å². The number of carbonyl (C=O) groups excluding carboxylic acids is 1. The molecular formula is C28H24N2O4. The Kier molecular flexibility index (Phi) is 5.64. The van der Waals surface area contributed by atoms with Crippen LogP contribution < -0.4 is 15.5 Å². The molecule has 2 heterocycles. The van der Waals surface area contributed by atoms with Crippen molar-refractivity contribution in [2.24, 2.45) is 0 Å². The molecule has 0 aliphatic carbocycles. The molecule has 170 valence electrons. The van der Waals surface area contributed by atoms with Crippen LogP contribution in [0, 0.1) is 6.92 Å². The van der Waals surface area contributed by atoms with Gasteiger partial charge in [0.25, 0.3) is 5.91 Å². The third-order valence-electron chi connectivity index (χ3n) is 6.08. The number of ether oxygens (including phenoxy) is 1. The standard InChI is InChI=1S/C28H24N2O4/c1-17-25(31)22-9-6-10-23(27(22)34-26(17)18-7-4-3-5-8-18)28(32)29-14-13-19-16-30-24-15-20(33-2)11-12-21(19)24/h3-12,15-16,30H,13-14H2,1-2H3,(H,29,32). The molecule has 0 aliphatic heterocycles. The van der Waals surface area contributed by atoms with Crippen molar-refractivity contribution in [1.29, 1.82) is 0 Å². The lowest BCUT2D eigenvalue weighted by Crippen LogP contribution is -2.26. The van der Waals surface area contributed by atoms with E-state index in [-0.39, 0.29) is 11.3 Å². The van der Waals surface area contributed by atoms with Crippen molar-refractivity contribution < 1.29 is 13.9 Å². The van der Waals surface area contributed by atoms with Gasteiger partial charge in [0.05, 0.1) is 18.1 Å². The Balaban J connectivity index is 1.41. The summed E-state index contributed by atoms with van der Waals surface area (Å²) in [5.41, 5.74) is 3.91. The van der Waals surface area contributed by atoms with E-state index in [0.29, 0.717) is 40.8 Å². The molecule has 2 aromatic heterocycles. The summed E-state index contributed by atoms with van der Waals surface area (Å²) < 4.78 is 11.4. The third-order valence-corrected chi connectivity index (χ3v) is 6.08. The molecule has 0 spiro atoms. The van der Waals surface area contributed by atoms with Gasteiger partial charge in [0, 0.05) is 40.8 Å². The Morgan fingerprint density at radius 2 is 1.85 bits per heavy atom. The first kappa shape index (κ1) is 21.5. The maximum absolute atomic E-state index is 13.1. The van der Waals surface area contributed by atoms with Gasteiger partial charge in [-0.3, -0.25) is 9.59 Å². The topological polar surface area (TPSA) is 84.3 Å². The molecule has 2 N–H and O–H groups in total. The van der Waals surface area contributed by atoms with Gasteiger partial charge in [-0.25, -0.2) is 0 Å². The Bertz CT molecular complexity index is 1560. The molecule has 0 fully saturated rings. The van der Waals surface area contributed by atoms with Crippen LogP contribution in [0.25, 0.3) is 33.2 Å². The fraction of sp³-hybridized carbons (Fsp3) is 0.143. The number of aromatic amines is 1. The van der Waals surface area contributed by atoms with Crippen LogP contribution >= 0.6 is 0 Å². The van der Waals surface area contributed by atoms with E-state index < -0.39 is 0 Å². The number of fused-ring (bicyclic) bond motifs is 2. The van der Waals surface area contributed by atoms with Gasteiger partial charge in [-0.05, 0) is 43.2 Å². The van der Waals surface area contributed by atoms with Crippen molar-refractivity contribution in [1.82, 2.24) is 10.3 Å². The van der Waals surface area contributed by atoms with Gasteiger partial charge in [-0.1, -0.05) is 36.4 Å². The zero-order valence-corrected chi connectivity index (χ0v) is 19.0. The number of methoxy groups -OCH3 is 1. The fourth-order valence-corrected chi connectivity index (χ4v) is 4.26. The smallest absolute Gasteiger partial charge is 0.255 e. The van der Waals surface area contributed by atoms with Gasteiger partial charge in [0.2, 0.25) is 0 Å². The molecule has 0 saturated carbocycles. The van der Waals surface area contributed by atoms with E-state index in [1.807, 2.05) is 54.7 Å². The predicted octanol–water partition coefficient (Wildman–Crippen LogP) is 5.23. The van der Waals surface area contributed by atoms with E-state index in [4.69, 9.17) is 9.15 Å². The van der Waals surface area contributed by atoms with Crippen molar-refractivity contribution in [3.8, 4) is 17.1 Å². The van der Waals surface area contributed by atoms with Crippen molar-refractivity contribution in [2.45, 2.75) is 13.3 Å². The van der Waals surface area contributed by atoms with E-state index in [1.165, 1.54) is 0 Å². The molecule has 5 aromatic rings. The molecule has 0 aliphatic rings. The monoisotopic (exact) mass is 452 g/mol.